The molecule has 2 aliphatic heterocycles. The fourth-order valence-corrected chi connectivity index (χ4v) is 9.32. The van der Waals surface area contributed by atoms with Crippen molar-refractivity contribution in [3.8, 4) is 16.9 Å². The lowest BCUT2D eigenvalue weighted by Gasteiger charge is -2.37. The summed E-state index contributed by atoms with van der Waals surface area (Å²) in [7, 11) is 0. The highest BCUT2D eigenvalue weighted by Crippen LogP contribution is 2.36. The molecule has 2 aliphatic rings. The van der Waals surface area contributed by atoms with Crippen LogP contribution < -0.4 is 25.8 Å². The molecule has 2 saturated heterocycles. The third kappa shape index (κ3) is 10.3. The Balaban J connectivity index is 0.830. The molecular formula is C51H59N7O8. The highest BCUT2D eigenvalue weighted by atomic mass is 16.5. The average molecular weight is 898 g/mol. The SMILES string of the molecule is CCN(c1cc(-c2ccc(OCCOCCOCCCc3ccnc4c3c3cccnc3n4C3CCC(=O)NC3=O)cc2)cc(C(=O)NCc2c(C)cc(C)[nH]c2=O)c1C)C1CCOCC1. The Morgan fingerprint density at radius 1 is 0.879 bits per heavy atom. The molecule has 2 fully saturated rings. The summed E-state index contributed by atoms with van der Waals surface area (Å²) in [5.74, 6) is -0.115. The largest absolute Gasteiger partial charge is 0.491 e. The number of carbonyl (C=O) groups excluding carboxylic acids is 3. The van der Waals surface area contributed by atoms with Crippen LogP contribution in [0.25, 0.3) is 33.2 Å². The maximum atomic E-state index is 13.9. The van der Waals surface area contributed by atoms with Gasteiger partial charge in [0.2, 0.25) is 11.8 Å². The summed E-state index contributed by atoms with van der Waals surface area (Å²) in [6.07, 6.45) is 7.51. The smallest absolute Gasteiger partial charge is 0.253 e. The van der Waals surface area contributed by atoms with E-state index >= 15 is 0 Å². The molecule has 0 radical (unpaired) electrons. The molecule has 8 rings (SSSR count). The maximum Gasteiger partial charge on any atom is 0.253 e. The lowest BCUT2D eigenvalue weighted by Crippen LogP contribution is -2.41. The van der Waals surface area contributed by atoms with Gasteiger partial charge < -0.3 is 34.1 Å². The molecule has 3 N–H and O–H groups in total. The zero-order valence-electron chi connectivity index (χ0n) is 38.2. The van der Waals surface area contributed by atoms with Crippen LogP contribution in [0.5, 0.6) is 5.75 Å². The predicted molar refractivity (Wildman–Crippen MR) is 253 cm³/mol. The molecule has 15 heteroatoms. The van der Waals surface area contributed by atoms with Gasteiger partial charge in [-0.25, -0.2) is 9.97 Å². The van der Waals surface area contributed by atoms with Crippen LogP contribution in [0.4, 0.5) is 5.69 Å². The number of aryl methyl sites for hydroxylation is 3. The van der Waals surface area contributed by atoms with Crippen molar-refractivity contribution < 1.29 is 33.3 Å². The first kappa shape index (κ1) is 46.1. The van der Waals surface area contributed by atoms with Crippen molar-refractivity contribution in [2.24, 2.45) is 0 Å². The van der Waals surface area contributed by atoms with Gasteiger partial charge in [-0.3, -0.25) is 29.1 Å². The first-order valence-corrected chi connectivity index (χ1v) is 23.0. The number of hydrogen-bond acceptors (Lipinski definition) is 11. The number of fused-ring (bicyclic) bond motifs is 3. The van der Waals surface area contributed by atoms with Crippen LogP contribution >= 0.6 is 0 Å². The standard InChI is InChI=1S/C51H59N7O8/c1-5-57(38-17-22-64-23-18-38)44-30-37(29-41(34(44)4)49(60)54-31-42-32(2)28-33(3)55-50(42)61)35-10-12-39(13-11-35)66-27-26-65-25-24-63-21-7-8-36-16-20-53-48-46(36)40-9-6-19-52-47(40)58(48)43-14-15-45(59)56-51(43)62/h6,9-13,16,19-20,28-30,38,43H,5,7-8,14-15,17-18,21-27,31H2,1-4H3,(H,54,60)(H,55,61)(H,56,59,62). The minimum atomic E-state index is -0.555. The van der Waals surface area contributed by atoms with Crippen molar-refractivity contribution >= 4 is 45.5 Å². The Bertz CT molecular complexity index is 2760. The number of benzene rings is 2. The molecular weight excluding hydrogens is 839 g/mol. The number of carbonyl (C=O) groups is 3. The number of aromatic nitrogens is 4. The molecule has 4 aromatic heterocycles. The first-order chi connectivity index (χ1) is 32.1. The molecule has 66 heavy (non-hydrogen) atoms. The Kier molecular flexibility index (Phi) is 14.9. The van der Waals surface area contributed by atoms with Gasteiger partial charge in [0.1, 0.15) is 29.7 Å². The lowest BCUT2D eigenvalue weighted by molar-refractivity contribution is -0.135. The topological polar surface area (TPSA) is 179 Å². The number of ether oxygens (including phenoxy) is 4. The summed E-state index contributed by atoms with van der Waals surface area (Å²) in [6.45, 7) is 12.4. The lowest BCUT2D eigenvalue weighted by atomic mass is 9.95. The quantitative estimate of drug-likeness (QED) is 0.0574. The van der Waals surface area contributed by atoms with Gasteiger partial charge in [0.15, 0.2) is 0 Å². The van der Waals surface area contributed by atoms with Gasteiger partial charge in [0, 0.05) is 91.0 Å². The van der Waals surface area contributed by atoms with Crippen molar-refractivity contribution in [3.05, 3.63) is 117 Å². The molecule has 1 unspecified atom stereocenters. The van der Waals surface area contributed by atoms with Gasteiger partial charge in [-0.1, -0.05) is 12.1 Å². The van der Waals surface area contributed by atoms with Gasteiger partial charge in [-0.2, -0.15) is 0 Å². The summed E-state index contributed by atoms with van der Waals surface area (Å²) in [5.41, 5.74) is 8.77. The number of amides is 3. The average Bonchev–Trinajstić information content (AvgIpc) is 3.65. The highest BCUT2D eigenvalue weighted by molar-refractivity contribution is 6.09. The number of anilines is 1. The number of rotatable bonds is 19. The van der Waals surface area contributed by atoms with E-state index in [2.05, 4.69) is 43.5 Å². The van der Waals surface area contributed by atoms with Crippen LogP contribution in [0.15, 0.2) is 77.9 Å². The van der Waals surface area contributed by atoms with Crippen molar-refractivity contribution in [1.29, 1.82) is 0 Å². The fourth-order valence-electron chi connectivity index (χ4n) is 9.32. The van der Waals surface area contributed by atoms with Crippen molar-refractivity contribution in [3.63, 3.8) is 0 Å². The predicted octanol–water partition coefficient (Wildman–Crippen LogP) is 6.82. The molecule has 6 aromatic rings. The van der Waals surface area contributed by atoms with Gasteiger partial charge in [-0.05, 0) is 136 Å². The summed E-state index contributed by atoms with van der Waals surface area (Å²) < 4.78 is 25.3. The molecule has 346 valence electrons. The van der Waals surface area contributed by atoms with Crippen LogP contribution in [0.3, 0.4) is 0 Å². The number of hydrogen-bond donors (Lipinski definition) is 3. The van der Waals surface area contributed by atoms with E-state index in [9.17, 15) is 19.2 Å². The second-order valence-corrected chi connectivity index (χ2v) is 17.0. The molecule has 0 aliphatic carbocycles. The number of pyridine rings is 3. The Morgan fingerprint density at radius 2 is 1.64 bits per heavy atom. The Labute approximate surface area is 384 Å². The van der Waals surface area contributed by atoms with Crippen LogP contribution in [-0.4, -0.2) is 96.1 Å². The molecule has 0 spiro atoms. The van der Waals surface area contributed by atoms with Crippen LogP contribution in [-0.2, 0) is 36.8 Å². The van der Waals surface area contributed by atoms with Crippen LogP contribution in [0, 0.1) is 20.8 Å². The number of nitrogens with one attached hydrogen (secondary N) is 3. The van der Waals surface area contributed by atoms with Gasteiger partial charge >= 0.3 is 0 Å². The number of aromatic amines is 1. The normalized spacial score (nSPS) is 15.6. The summed E-state index contributed by atoms with van der Waals surface area (Å²) >= 11 is 0. The van der Waals surface area contributed by atoms with Gasteiger partial charge in [-0.15, -0.1) is 0 Å². The zero-order valence-corrected chi connectivity index (χ0v) is 38.2. The monoisotopic (exact) mass is 897 g/mol. The number of imide groups is 1. The Hall–Kier alpha value is -6.42. The highest BCUT2D eigenvalue weighted by Gasteiger charge is 2.32. The summed E-state index contributed by atoms with van der Waals surface area (Å²) in [6, 6.07) is 19.5. The molecule has 0 saturated carbocycles. The summed E-state index contributed by atoms with van der Waals surface area (Å²) in [5, 5.41) is 7.39. The molecule has 6 heterocycles. The number of piperidine rings is 1. The van der Waals surface area contributed by atoms with Crippen LogP contribution in [0.2, 0.25) is 0 Å². The second-order valence-electron chi connectivity index (χ2n) is 17.0. The summed E-state index contributed by atoms with van der Waals surface area (Å²) in [4.78, 5) is 65.9. The zero-order chi connectivity index (χ0) is 46.2. The number of nitrogens with zero attached hydrogens (tertiary/aromatic N) is 4. The van der Waals surface area contributed by atoms with E-state index in [1.165, 1.54) is 0 Å². The van der Waals surface area contributed by atoms with E-state index in [0.717, 1.165) is 82.2 Å². The molecule has 15 nitrogen and oxygen atoms in total. The minimum absolute atomic E-state index is 0.125. The van der Waals surface area contributed by atoms with Gasteiger partial charge in [0.05, 0.1) is 19.8 Å². The Morgan fingerprint density at radius 3 is 2.39 bits per heavy atom. The van der Waals surface area contributed by atoms with Gasteiger partial charge in [0.25, 0.3) is 11.5 Å². The minimum Gasteiger partial charge on any atom is -0.491 e. The van der Waals surface area contributed by atoms with Crippen molar-refractivity contribution in [2.75, 3.05) is 57.7 Å². The van der Waals surface area contributed by atoms with Crippen molar-refractivity contribution in [2.45, 2.75) is 84.8 Å². The maximum absolute atomic E-state index is 13.9. The van der Waals surface area contributed by atoms with E-state index < -0.39 is 6.04 Å². The molecule has 2 aromatic carbocycles. The van der Waals surface area contributed by atoms with E-state index in [4.69, 9.17) is 18.9 Å². The van der Waals surface area contributed by atoms with E-state index in [1.807, 2.05) is 79.9 Å². The van der Waals surface area contributed by atoms with E-state index in [0.29, 0.717) is 86.9 Å². The molecule has 0 bridgehead atoms. The first-order valence-electron chi connectivity index (χ1n) is 23.0. The van der Waals surface area contributed by atoms with E-state index in [1.54, 1.807) is 12.4 Å². The number of H-pyrrole nitrogens is 1. The fraction of sp³-hybridized carbons (Fsp3) is 0.412. The third-order valence-electron chi connectivity index (χ3n) is 12.7. The second kappa shape index (κ2) is 21.3. The van der Waals surface area contributed by atoms with Crippen molar-refractivity contribution in [1.82, 2.24) is 30.2 Å². The van der Waals surface area contributed by atoms with E-state index in [-0.39, 0.29) is 36.2 Å². The molecule has 3 amide bonds. The third-order valence-corrected chi connectivity index (χ3v) is 12.7. The van der Waals surface area contributed by atoms with Crippen LogP contribution in [0.1, 0.15) is 83.4 Å². The molecule has 1 atom stereocenters.